The van der Waals surface area contributed by atoms with Gasteiger partial charge in [-0.05, 0) is 43.0 Å². The fourth-order valence-corrected chi connectivity index (χ4v) is 3.73. The molecule has 2 aliphatic heterocycles. The van der Waals surface area contributed by atoms with Crippen LogP contribution in [0.5, 0.6) is 0 Å². The number of halogens is 3. The number of nitrogens with two attached hydrogens (primary N) is 1. The summed E-state index contributed by atoms with van der Waals surface area (Å²) in [7, 11) is 0. The number of nitrogens with one attached hydrogen (secondary N) is 1. The maximum atomic E-state index is 12.4. The van der Waals surface area contributed by atoms with Crippen LogP contribution in [-0.4, -0.2) is 67.7 Å². The number of ether oxygens (including phenoxy) is 1. The van der Waals surface area contributed by atoms with E-state index in [1.807, 2.05) is 12.1 Å². The van der Waals surface area contributed by atoms with Gasteiger partial charge in [0.15, 0.2) is 0 Å². The van der Waals surface area contributed by atoms with Gasteiger partial charge in [0.1, 0.15) is 0 Å². The lowest BCUT2D eigenvalue weighted by molar-refractivity contribution is -0.119. The molecule has 0 saturated carbocycles. The molecule has 0 spiro atoms. The highest BCUT2D eigenvalue weighted by atomic mass is 35.5. The molecule has 0 aliphatic carbocycles. The van der Waals surface area contributed by atoms with Crippen LogP contribution in [-0.2, 0) is 16.1 Å². The van der Waals surface area contributed by atoms with Crippen LogP contribution >= 0.6 is 37.2 Å². The monoisotopic (exact) mass is 468 g/mol. The number of anilines is 1. The number of nitrogens with zero attached hydrogens (tertiary/aromatic N) is 2. The number of hydrogen-bond acceptors (Lipinski definition) is 5. The number of hydrogen-bond donors (Lipinski definition) is 2. The summed E-state index contributed by atoms with van der Waals surface area (Å²) in [4.78, 5) is 17.4. The third-order valence-electron chi connectivity index (χ3n) is 5.62. The Kier molecular flexibility index (Phi) is 14.1. The van der Waals surface area contributed by atoms with Crippen molar-refractivity contribution < 1.29 is 9.53 Å². The van der Waals surface area contributed by atoms with E-state index in [4.69, 9.17) is 10.5 Å². The predicted molar refractivity (Wildman–Crippen MR) is 126 cm³/mol. The Balaban J connectivity index is 0.00000261. The van der Waals surface area contributed by atoms with E-state index in [0.29, 0.717) is 13.2 Å². The summed E-state index contributed by atoms with van der Waals surface area (Å²) in [6.07, 6.45) is 1.72. The van der Waals surface area contributed by atoms with Gasteiger partial charge in [-0.3, -0.25) is 9.69 Å². The van der Waals surface area contributed by atoms with Crippen molar-refractivity contribution in [1.82, 2.24) is 9.80 Å². The fraction of sp³-hybridized carbons (Fsp3) is 0.650. The summed E-state index contributed by atoms with van der Waals surface area (Å²) in [6, 6.07) is 7.69. The lowest BCUT2D eigenvalue weighted by Gasteiger charge is -2.34. The summed E-state index contributed by atoms with van der Waals surface area (Å²) in [5, 5.41) is 2.96. The predicted octanol–water partition coefficient (Wildman–Crippen LogP) is 2.78. The lowest BCUT2D eigenvalue weighted by atomic mass is 9.92. The Hall–Kier alpha value is -0.600. The Morgan fingerprint density at radius 1 is 1.07 bits per heavy atom. The average molecular weight is 470 g/mol. The van der Waals surface area contributed by atoms with E-state index in [0.717, 1.165) is 57.8 Å². The van der Waals surface area contributed by atoms with Crippen LogP contribution in [0.15, 0.2) is 24.3 Å². The van der Waals surface area contributed by atoms with Gasteiger partial charge < -0.3 is 20.7 Å². The number of benzene rings is 1. The molecule has 2 aliphatic rings. The third kappa shape index (κ3) is 8.58. The zero-order chi connectivity index (χ0) is 18.4. The molecule has 29 heavy (non-hydrogen) atoms. The van der Waals surface area contributed by atoms with Crippen LogP contribution < -0.4 is 11.1 Å². The second-order valence-corrected chi connectivity index (χ2v) is 7.37. The van der Waals surface area contributed by atoms with E-state index >= 15 is 0 Å². The molecular formula is C20H35Cl3N4O2. The van der Waals surface area contributed by atoms with E-state index in [1.54, 1.807) is 0 Å². The second-order valence-electron chi connectivity index (χ2n) is 7.37. The molecule has 1 amide bonds. The number of amides is 1. The van der Waals surface area contributed by atoms with Gasteiger partial charge in [0.2, 0.25) is 5.91 Å². The first kappa shape index (κ1) is 28.4. The van der Waals surface area contributed by atoms with E-state index in [1.165, 1.54) is 5.56 Å². The fourth-order valence-electron chi connectivity index (χ4n) is 3.73. The molecule has 0 radical (unpaired) electrons. The topological polar surface area (TPSA) is 70.8 Å². The molecule has 2 saturated heterocycles. The summed E-state index contributed by atoms with van der Waals surface area (Å²) in [6.45, 7) is 10.3. The van der Waals surface area contributed by atoms with Gasteiger partial charge in [-0.25, -0.2) is 0 Å². The smallest absolute Gasteiger partial charge is 0.241 e. The standard InChI is InChI=1S/C20H32N4O2.3ClH/c1-2-23-9-11-24(12-10-23)15-16-3-5-18(6-4-16)22-20(25)19(21)17-7-13-26-14-8-17;;;/h3-6,17,19H,2,7-15,21H2,1H3,(H,22,25);3*1H. The first-order chi connectivity index (χ1) is 12.7. The molecule has 1 atom stereocenters. The van der Waals surface area contributed by atoms with Gasteiger partial charge >= 0.3 is 0 Å². The van der Waals surface area contributed by atoms with E-state index < -0.39 is 6.04 Å². The number of piperazine rings is 1. The minimum Gasteiger partial charge on any atom is -0.381 e. The molecule has 6 nitrogen and oxygen atoms in total. The Labute approximate surface area is 193 Å². The summed E-state index contributed by atoms with van der Waals surface area (Å²) < 4.78 is 5.34. The highest BCUT2D eigenvalue weighted by Gasteiger charge is 2.26. The average Bonchev–Trinajstić information content (AvgIpc) is 2.70. The van der Waals surface area contributed by atoms with Crippen molar-refractivity contribution in [2.45, 2.75) is 32.4 Å². The number of rotatable bonds is 6. The zero-order valence-electron chi connectivity index (χ0n) is 17.0. The number of carbonyl (C=O) groups excluding carboxylic acids is 1. The Bertz CT molecular complexity index is 578. The molecule has 168 valence electrons. The van der Waals surface area contributed by atoms with Gasteiger partial charge in [-0.2, -0.15) is 0 Å². The van der Waals surface area contributed by atoms with Crippen LogP contribution in [0.3, 0.4) is 0 Å². The van der Waals surface area contributed by atoms with Gasteiger partial charge in [0, 0.05) is 51.6 Å². The van der Waals surface area contributed by atoms with Crippen molar-refractivity contribution in [1.29, 1.82) is 0 Å². The van der Waals surface area contributed by atoms with Crippen molar-refractivity contribution in [2.24, 2.45) is 11.7 Å². The summed E-state index contributed by atoms with van der Waals surface area (Å²) >= 11 is 0. The van der Waals surface area contributed by atoms with Crippen molar-refractivity contribution in [2.75, 3.05) is 51.3 Å². The van der Waals surface area contributed by atoms with E-state index in [2.05, 4.69) is 34.2 Å². The highest BCUT2D eigenvalue weighted by molar-refractivity contribution is 5.94. The highest BCUT2D eigenvalue weighted by Crippen LogP contribution is 2.19. The van der Waals surface area contributed by atoms with Crippen molar-refractivity contribution in [3.8, 4) is 0 Å². The molecule has 3 rings (SSSR count). The largest absolute Gasteiger partial charge is 0.381 e. The van der Waals surface area contributed by atoms with Gasteiger partial charge in [0.25, 0.3) is 0 Å². The van der Waals surface area contributed by atoms with E-state index in [9.17, 15) is 4.79 Å². The molecule has 2 heterocycles. The van der Waals surface area contributed by atoms with Crippen LogP contribution in [0, 0.1) is 5.92 Å². The molecule has 1 aromatic carbocycles. The van der Waals surface area contributed by atoms with Crippen LogP contribution in [0.25, 0.3) is 0 Å². The van der Waals surface area contributed by atoms with Crippen molar-refractivity contribution in [3.05, 3.63) is 29.8 Å². The molecule has 0 bridgehead atoms. The van der Waals surface area contributed by atoms with Crippen LogP contribution in [0.1, 0.15) is 25.3 Å². The quantitative estimate of drug-likeness (QED) is 0.670. The molecule has 0 aromatic heterocycles. The molecule has 2 fully saturated rings. The van der Waals surface area contributed by atoms with Gasteiger partial charge in [0.05, 0.1) is 6.04 Å². The second kappa shape index (κ2) is 14.4. The maximum absolute atomic E-state index is 12.4. The molecule has 3 N–H and O–H groups in total. The minimum absolute atomic E-state index is 0. The molecular weight excluding hydrogens is 435 g/mol. The molecule has 1 unspecified atom stereocenters. The Morgan fingerprint density at radius 2 is 1.62 bits per heavy atom. The van der Waals surface area contributed by atoms with Crippen molar-refractivity contribution >= 4 is 48.8 Å². The SMILES string of the molecule is CCN1CCN(Cc2ccc(NC(=O)C(N)C3CCOCC3)cc2)CC1.Cl.Cl.Cl. The first-order valence-corrected chi connectivity index (χ1v) is 9.83. The first-order valence-electron chi connectivity index (χ1n) is 9.83. The van der Waals surface area contributed by atoms with E-state index in [-0.39, 0.29) is 49.0 Å². The van der Waals surface area contributed by atoms with Crippen LogP contribution in [0.2, 0.25) is 0 Å². The van der Waals surface area contributed by atoms with Crippen molar-refractivity contribution in [3.63, 3.8) is 0 Å². The maximum Gasteiger partial charge on any atom is 0.241 e. The summed E-state index contributed by atoms with van der Waals surface area (Å²) in [5.74, 6) is 0.116. The third-order valence-corrected chi connectivity index (χ3v) is 5.62. The number of carbonyl (C=O) groups is 1. The molecule has 9 heteroatoms. The van der Waals surface area contributed by atoms with Gasteiger partial charge in [-0.15, -0.1) is 37.2 Å². The number of likely N-dealkylation sites (N-methyl/N-ethyl adjacent to an activating group) is 1. The normalized spacial score (nSPS) is 19.2. The Morgan fingerprint density at radius 3 is 2.17 bits per heavy atom. The van der Waals surface area contributed by atoms with Crippen LogP contribution in [0.4, 0.5) is 5.69 Å². The summed E-state index contributed by atoms with van der Waals surface area (Å²) in [5.41, 5.74) is 8.23. The zero-order valence-corrected chi connectivity index (χ0v) is 19.5. The minimum atomic E-state index is -0.464. The van der Waals surface area contributed by atoms with Gasteiger partial charge in [-0.1, -0.05) is 19.1 Å². The molecule has 1 aromatic rings. The lowest BCUT2D eigenvalue weighted by Crippen LogP contribution is -2.45.